The van der Waals surface area contributed by atoms with Crippen LogP contribution in [0, 0.1) is 9.39 Å². The number of thioether (sulfide) groups is 1. The summed E-state index contributed by atoms with van der Waals surface area (Å²) in [4.78, 5) is 39.4. The minimum Gasteiger partial charge on any atom is -0.325 e. The quantitative estimate of drug-likeness (QED) is 0.103. The van der Waals surface area contributed by atoms with Gasteiger partial charge in [0.25, 0.3) is 11.8 Å². The van der Waals surface area contributed by atoms with Crippen LogP contribution in [0.1, 0.15) is 22.8 Å². The standard InChI is InChI=1S/C31H25FIN3O3S/c1-20(29(37)34-24-13-11-23(33)12-14-24)40-26-17-15-25(16-18-26)35-31(39)28(19-22-9-5-6-10-27(22)32)36-30(38)21-7-3-2-4-8-21/h2-20H,1H3,(H,34,37)(H,35,39)(H,36,38)/b28-19-. The highest BCUT2D eigenvalue weighted by molar-refractivity contribution is 14.1. The molecule has 4 aromatic carbocycles. The van der Waals surface area contributed by atoms with Crippen LogP contribution in [0.3, 0.4) is 0 Å². The van der Waals surface area contributed by atoms with Gasteiger partial charge in [0.1, 0.15) is 11.5 Å². The lowest BCUT2D eigenvalue weighted by atomic mass is 10.1. The normalized spacial score (nSPS) is 11.8. The Morgan fingerprint density at radius 2 is 1.40 bits per heavy atom. The van der Waals surface area contributed by atoms with E-state index in [-0.39, 0.29) is 22.4 Å². The molecule has 3 N–H and O–H groups in total. The number of benzene rings is 4. The molecular weight excluding hydrogens is 640 g/mol. The summed E-state index contributed by atoms with van der Waals surface area (Å²) in [7, 11) is 0. The molecule has 0 spiro atoms. The van der Waals surface area contributed by atoms with Gasteiger partial charge in [-0.25, -0.2) is 4.39 Å². The van der Waals surface area contributed by atoms with Crippen molar-refractivity contribution in [1.82, 2.24) is 5.32 Å². The second-order valence-electron chi connectivity index (χ2n) is 8.63. The molecule has 0 bridgehead atoms. The van der Waals surface area contributed by atoms with Crippen molar-refractivity contribution >= 4 is 69.5 Å². The molecule has 0 aromatic heterocycles. The lowest BCUT2D eigenvalue weighted by Gasteiger charge is -2.14. The lowest BCUT2D eigenvalue weighted by Crippen LogP contribution is -2.30. The fourth-order valence-electron chi connectivity index (χ4n) is 3.54. The highest BCUT2D eigenvalue weighted by atomic mass is 127. The van der Waals surface area contributed by atoms with Crippen molar-refractivity contribution in [2.75, 3.05) is 10.6 Å². The van der Waals surface area contributed by atoms with Gasteiger partial charge in [-0.15, -0.1) is 11.8 Å². The van der Waals surface area contributed by atoms with Crippen molar-refractivity contribution in [3.63, 3.8) is 0 Å². The Balaban J connectivity index is 1.43. The fourth-order valence-corrected chi connectivity index (χ4v) is 4.77. The number of nitrogens with one attached hydrogen (secondary N) is 3. The molecule has 40 heavy (non-hydrogen) atoms. The number of carbonyl (C=O) groups is 3. The molecule has 3 amide bonds. The van der Waals surface area contributed by atoms with Gasteiger partial charge < -0.3 is 16.0 Å². The zero-order valence-electron chi connectivity index (χ0n) is 21.4. The first-order valence-electron chi connectivity index (χ1n) is 12.3. The van der Waals surface area contributed by atoms with E-state index >= 15 is 0 Å². The average molecular weight is 666 g/mol. The molecule has 0 aliphatic heterocycles. The van der Waals surface area contributed by atoms with E-state index in [2.05, 4.69) is 38.5 Å². The Morgan fingerprint density at radius 3 is 2.08 bits per heavy atom. The minimum absolute atomic E-state index is 0.113. The molecule has 0 aliphatic rings. The van der Waals surface area contributed by atoms with Gasteiger partial charge in [-0.1, -0.05) is 36.4 Å². The van der Waals surface area contributed by atoms with Gasteiger partial charge in [0.2, 0.25) is 5.91 Å². The molecule has 1 unspecified atom stereocenters. The maximum absolute atomic E-state index is 14.3. The zero-order chi connectivity index (χ0) is 28.5. The number of amides is 3. The number of halogens is 2. The first-order chi connectivity index (χ1) is 19.3. The number of rotatable bonds is 9. The van der Waals surface area contributed by atoms with E-state index in [1.807, 2.05) is 31.2 Å². The molecular formula is C31H25FIN3O3S. The summed E-state index contributed by atoms with van der Waals surface area (Å²) in [5.74, 6) is -1.76. The second kappa shape index (κ2) is 13.9. The molecule has 0 heterocycles. The molecule has 6 nitrogen and oxygen atoms in total. The largest absolute Gasteiger partial charge is 0.325 e. The Bertz CT molecular complexity index is 1530. The Labute approximate surface area is 249 Å². The van der Waals surface area contributed by atoms with Crippen LogP contribution in [0.5, 0.6) is 0 Å². The summed E-state index contributed by atoms with van der Waals surface area (Å²) < 4.78 is 15.4. The first-order valence-corrected chi connectivity index (χ1v) is 14.2. The van der Waals surface area contributed by atoms with Gasteiger partial charge in [-0.05, 0) is 102 Å². The summed E-state index contributed by atoms with van der Waals surface area (Å²) in [5, 5.41) is 7.89. The van der Waals surface area contributed by atoms with Crippen LogP contribution in [0.4, 0.5) is 15.8 Å². The van der Waals surface area contributed by atoms with Gasteiger partial charge in [0.15, 0.2) is 0 Å². The van der Waals surface area contributed by atoms with Gasteiger partial charge in [0, 0.05) is 31.0 Å². The maximum Gasteiger partial charge on any atom is 0.272 e. The van der Waals surface area contributed by atoms with E-state index in [9.17, 15) is 18.8 Å². The van der Waals surface area contributed by atoms with E-state index in [0.717, 1.165) is 14.2 Å². The highest BCUT2D eigenvalue weighted by Gasteiger charge is 2.17. The van der Waals surface area contributed by atoms with E-state index in [1.165, 1.54) is 30.0 Å². The van der Waals surface area contributed by atoms with Crippen LogP contribution < -0.4 is 16.0 Å². The lowest BCUT2D eigenvalue weighted by molar-refractivity contribution is -0.115. The smallest absolute Gasteiger partial charge is 0.272 e. The monoisotopic (exact) mass is 665 g/mol. The minimum atomic E-state index is -0.613. The SMILES string of the molecule is CC(Sc1ccc(NC(=O)/C(=C/c2ccccc2F)NC(=O)c2ccccc2)cc1)C(=O)Nc1ccc(I)cc1. The highest BCUT2D eigenvalue weighted by Crippen LogP contribution is 2.26. The van der Waals surface area contributed by atoms with Crippen LogP contribution in [-0.4, -0.2) is 23.0 Å². The molecule has 4 rings (SSSR count). The summed E-state index contributed by atoms with van der Waals surface area (Å²) in [6.45, 7) is 1.82. The van der Waals surface area contributed by atoms with Crippen LogP contribution in [0.15, 0.2) is 114 Å². The third kappa shape index (κ3) is 8.27. The van der Waals surface area contributed by atoms with Gasteiger partial charge >= 0.3 is 0 Å². The average Bonchev–Trinajstić information content (AvgIpc) is 2.96. The van der Waals surface area contributed by atoms with Crippen molar-refractivity contribution in [2.24, 2.45) is 0 Å². The predicted molar refractivity (Wildman–Crippen MR) is 166 cm³/mol. The van der Waals surface area contributed by atoms with E-state index in [0.29, 0.717) is 11.3 Å². The molecule has 0 saturated heterocycles. The molecule has 1 atom stereocenters. The number of carbonyl (C=O) groups excluding carboxylic acids is 3. The number of anilines is 2. The molecule has 0 aliphatic carbocycles. The fraction of sp³-hybridized carbons (Fsp3) is 0.0645. The molecule has 9 heteroatoms. The third-order valence-corrected chi connectivity index (χ3v) is 7.47. The number of hydrogen-bond acceptors (Lipinski definition) is 4. The van der Waals surface area contributed by atoms with E-state index in [1.54, 1.807) is 66.7 Å². The van der Waals surface area contributed by atoms with Crippen LogP contribution in [-0.2, 0) is 9.59 Å². The van der Waals surface area contributed by atoms with Crippen LogP contribution in [0.2, 0.25) is 0 Å². The Kier molecular flexibility index (Phi) is 10.1. The molecule has 0 fully saturated rings. The van der Waals surface area contributed by atoms with Gasteiger partial charge in [0.05, 0.1) is 5.25 Å². The Hall–Kier alpha value is -3.96. The summed E-state index contributed by atoms with van der Waals surface area (Å²) >= 11 is 3.59. The zero-order valence-corrected chi connectivity index (χ0v) is 24.3. The second-order valence-corrected chi connectivity index (χ2v) is 11.3. The van der Waals surface area contributed by atoms with Crippen LogP contribution in [0.25, 0.3) is 6.08 Å². The third-order valence-electron chi connectivity index (χ3n) is 5.64. The predicted octanol–water partition coefficient (Wildman–Crippen LogP) is 6.96. The summed E-state index contributed by atoms with van der Waals surface area (Å²) in [6, 6.07) is 28.9. The topological polar surface area (TPSA) is 87.3 Å². The Morgan fingerprint density at radius 1 is 0.800 bits per heavy atom. The first kappa shape index (κ1) is 29.0. The molecule has 202 valence electrons. The molecule has 4 aromatic rings. The molecule has 0 saturated carbocycles. The van der Waals surface area contributed by atoms with Crippen LogP contribution >= 0.6 is 34.4 Å². The van der Waals surface area contributed by atoms with Crippen molar-refractivity contribution < 1.29 is 18.8 Å². The van der Waals surface area contributed by atoms with E-state index < -0.39 is 17.6 Å². The summed E-state index contributed by atoms with van der Waals surface area (Å²) in [5.41, 5.74) is 1.60. The number of hydrogen-bond donors (Lipinski definition) is 3. The van der Waals surface area contributed by atoms with Crippen molar-refractivity contribution in [2.45, 2.75) is 17.1 Å². The maximum atomic E-state index is 14.3. The van der Waals surface area contributed by atoms with Gasteiger partial charge in [-0.2, -0.15) is 0 Å². The summed E-state index contributed by atoms with van der Waals surface area (Å²) in [6.07, 6.45) is 1.30. The molecule has 0 radical (unpaired) electrons. The van der Waals surface area contributed by atoms with Crippen molar-refractivity contribution in [1.29, 1.82) is 0 Å². The van der Waals surface area contributed by atoms with E-state index in [4.69, 9.17) is 0 Å². The van der Waals surface area contributed by atoms with Crippen molar-refractivity contribution in [3.05, 3.63) is 129 Å². The van der Waals surface area contributed by atoms with Gasteiger partial charge in [-0.3, -0.25) is 14.4 Å². The van der Waals surface area contributed by atoms with Crippen molar-refractivity contribution in [3.8, 4) is 0 Å².